The van der Waals surface area contributed by atoms with Crippen LogP contribution in [-0.4, -0.2) is 33.7 Å². The summed E-state index contributed by atoms with van der Waals surface area (Å²) >= 11 is 1.35. The molecule has 2 aromatic heterocycles. The van der Waals surface area contributed by atoms with Gasteiger partial charge in [-0.15, -0.1) is 16.4 Å². The molecule has 3 heterocycles. The number of anilines is 1. The molecule has 0 bridgehead atoms. The molecule has 1 aromatic carbocycles. The van der Waals surface area contributed by atoms with Gasteiger partial charge in [0.15, 0.2) is 0 Å². The Kier molecular flexibility index (Phi) is 3.73. The predicted octanol–water partition coefficient (Wildman–Crippen LogP) is 2.97. The van der Waals surface area contributed by atoms with Crippen molar-refractivity contribution in [2.45, 2.75) is 12.6 Å². The zero-order valence-electron chi connectivity index (χ0n) is 12.4. The van der Waals surface area contributed by atoms with Gasteiger partial charge in [0, 0.05) is 22.0 Å². The van der Waals surface area contributed by atoms with E-state index in [1.54, 1.807) is 41.3 Å². The van der Waals surface area contributed by atoms with Crippen molar-refractivity contribution in [2.75, 3.05) is 11.4 Å². The van der Waals surface area contributed by atoms with Crippen molar-refractivity contribution in [3.05, 3.63) is 53.9 Å². The highest BCUT2D eigenvalue weighted by atomic mass is 32.1. The first-order valence-corrected chi connectivity index (χ1v) is 8.10. The average molecular weight is 343 g/mol. The zero-order chi connectivity index (χ0) is 16.5. The van der Waals surface area contributed by atoms with E-state index in [1.807, 2.05) is 0 Å². The molecule has 1 saturated heterocycles. The second kappa shape index (κ2) is 6.04. The van der Waals surface area contributed by atoms with Crippen LogP contribution in [0.5, 0.6) is 0 Å². The Morgan fingerprint density at radius 1 is 1.42 bits per heavy atom. The van der Waals surface area contributed by atoms with Gasteiger partial charge in [-0.3, -0.25) is 4.90 Å². The number of aromatic nitrogens is 3. The van der Waals surface area contributed by atoms with Crippen molar-refractivity contribution >= 4 is 23.1 Å². The predicted molar refractivity (Wildman–Crippen MR) is 86.2 cm³/mol. The normalized spacial score (nSPS) is 17.3. The smallest absolute Gasteiger partial charge is 0.414 e. The fourth-order valence-electron chi connectivity index (χ4n) is 2.62. The molecular formula is C16H12FN4O2S. The van der Waals surface area contributed by atoms with Gasteiger partial charge in [0.25, 0.3) is 0 Å². The standard InChI is InChI=1S/C16H12FN4O2S/c17-14-8-11(3-4-13(14)15-2-1-7-24-15)21-10-12(23-16(21)22)9-20-6-5-18-19-20/h1-6,8,12H,9-10H2/t12-/m0/s1. The van der Waals surface area contributed by atoms with Crippen LogP contribution in [0.3, 0.4) is 0 Å². The lowest BCUT2D eigenvalue weighted by atomic mass is 10.1. The first-order valence-electron chi connectivity index (χ1n) is 7.29. The molecule has 1 fully saturated rings. The molecule has 1 amide bonds. The van der Waals surface area contributed by atoms with Crippen LogP contribution in [0, 0.1) is 11.2 Å². The maximum absolute atomic E-state index is 14.4. The average Bonchev–Trinajstić information content (AvgIpc) is 3.30. The Labute approximate surface area is 141 Å². The van der Waals surface area contributed by atoms with E-state index in [2.05, 4.69) is 15.7 Å². The number of nitrogens with zero attached hydrogens (tertiary/aromatic N) is 4. The third kappa shape index (κ3) is 2.76. The second-order valence-electron chi connectivity index (χ2n) is 5.32. The van der Waals surface area contributed by atoms with Gasteiger partial charge in [0.1, 0.15) is 11.9 Å². The minimum atomic E-state index is -0.489. The fourth-order valence-corrected chi connectivity index (χ4v) is 3.30. The van der Waals surface area contributed by atoms with E-state index in [-0.39, 0.29) is 11.9 Å². The van der Waals surface area contributed by atoms with E-state index in [0.29, 0.717) is 24.3 Å². The summed E-state index contributed by atoms with van der Waals surface area (Å²) in [6.45, 7) is 0.748. The monoisotopic (exact) mass is 343 g/mol. The molecule has 8 heteroatoms. The van der Waals surface area contributed by atoms with Gasteiger partial charge < -0.3 is 4.74 Å². The van der Waals surface area contributed by atoms with Crippen molar-refractivity contribution in [3.8, 4) is 10.4 Å². The SMILES string of the molecule is O=C1O[C@@H](Cn2ccnn2)CN1c1ccc(-c2cc[c]s2)c(F)c1. The highest BCUT2D eigenvalue weighted by molar-refractivity contribution is 7.13. The van der Waals surface area contributed by atoms with Crippen molar-refractivity contribution in [3.63, 3.8) is 0 Å². The molecule has 0 saturated carbocycles. The molecule has 1 atom stereocenters. The van der Waals surface area contributed by atoms with Crippen LogP contribution >= 0.6 is 11.3 Å². The number of amides is 1. The van der Waals surface area contributed by atoms with Gasteiger partial charge in [0.2, 0.25) is 0 Å². The van der Waals surface area contributed by atoms with Crippen molar-refractivity contribution in [1.82, 2.24) is 15.0 Å². The highest BCUT2D eigenvalue weighted by Gasteiger charge is 2.33. The van der Waals surface area contributed by atoms with Crippen LogP contribution in [0.25, 0.3) is 10.4 Å². The highest BCUT2D eigenvalue weighted by Crippen LogP contribution is 2.31. The number of hydrogen-bond donors (Lipinski definition) is 0. The van der Waals surface area contributed by atoms with E-state index >= 15 is 0 Å². The summed E-state index contributed by atoms with van der Waals surface area (Å²) < 4.78 is 21.3. The lowest BCUT2D eigenvalue weighted by Gasteiger charge is -2.14. The summed E-state index contributed by atoms with van der Waals surface area (Å²) in [6.07, 6.45) is 2.42. The Bertz CT molecular complexity index is 851. The van der Waals surface area contributed by atoms with Crippen LogP contribution in [0.2, 0.25) is 0 Å². The van der Waals surface area contributed by atoms with Crippen molar-refractivity contribution in [1.29, 1.82) is 0 Å². The maximum atomic E-state index is 14.4. The molecule has 0 N–H and O–H groups in total. The van der Waals surface area contributed by atoms with Crippen molar-refractivity contribution in [2.24, 2.45) is 0 Å². The molecule has 0 unspecified atom stereocenters. The summed E-state index contributed by atoms with van der Waals surface area (Å²) in [5, 5.41) is 10.5. The molecular weight excluding hydrogens is 331 g/mol. The minimum Gasteiger partial charge on any atom is -0.442 e. The Morgan fingerprint density at radius 3 is 3.04 bits per heavy atom. The number of thiophene rings is 1. The van der Waals surface area contributed by atoms with E-state index in [0.717, 1.165) is 4.88 Å². The zero-order valence-corrected chi connectivity index (χ0v) is 13.2. The lowest BCUT2D eigenvalue weighted by Crippen LogP contribution is -2.26. The van der Waals surface area contributed by atoms with Gasteiger partial charge in [-0.05, 0) is 30.3 Å². The molecule has 121 valence electrons. The van der Waals surface area contributed by atoms with Gasteiger partial charge in [-0.1, -0.05) is 5.21 Å². The molecule has 3 aromatic rings. The maximum Gasteiger partial charge on any atom is 0.414 e. The Morgan fingerprint density at radius 2 is 2.33 bits per heavy atom. The summed E-state index contributed by atoms with van der Waals surface area (Å²) in [4.78, 5) is 14.3. The number of carbonyl (C=O) groups excluding carboxylic acids is 1. The fraction of sp³-hybridized carbons (Fsp3) is 0.188. The molecule has 1 radical (unpaired) electrons. The topological polar surface area (TPSA) is 60.3 Å². The van der Waals surface area contributed by atoms with Crippen LogP contribution in [-0.2, 0) is 11.3 Å². The van der Waals surface area contributed by atoms with Gasteiger partial charge in [0.05, 0.1) is 25.0 Å². The summed E-state index contributed by atoms with van der Waals surface area (Å²) in [5.41, 5.74) is 0.972. The van der Waals surface area contributed by atoms with Crippen LogP contribution in [0.1, 0.15) is 0 Å². The van der Waals surface area contributed by atoms with Crippen LogP contribution < -0.4 is 4.90 Å². The molecule has 4 rings (SSSR count). The van der Waals surface area contributed by atoms with Gasteiger partial charge >= 0.3 is 6.09 Å². The molecule has 24 heavy (non-hydrogen) atoms. The molecule has 0 aliphatic carbocycles. The molecule has 6 nitrogen and oxygen atoms in total. The summed E-state index contributed by atoms with van der Waals surface area (Å²) in [7, 11) is 0. The third-order valence-electron chi connectivity index (χ3n) is 3.74. The first-order chi connectivity index (χ1) is 11.7. The third-order valence-corrected chi connectivity index (χ3v) is 4.57. The number of cyclic esters (lactones) is 1. The molecule has 0 spiro atoms. The largest absolute Gasteiger partial charge is 0.442 e. The molecule has 1 aliphatic rings. The van der Waals surface area contributed by atoms with Crippen LogP contribution in [0.4, 0.5) is 14.9 Å². The van der Waals surface area contributed by atoms with E-state index in [4.69, 9.17) is 4.74 Å². The van der Waals surface area contributed by atoms with E-state index in [9.17, 15) is 9.18 Å². The number of benzene rings is 1. The lowest BCUT2D eigenvalue weighted by molar-refractivity contribution is 0.129. The first kappa shape index (κ1) is 14.8. The summed E-state index contributed by atoms with van der Waals surface area (Å²) in [6, 6.07) is 8.30. The second-order valence-corrected chi connectivity index (χ2v) is 6.20. The number of hydrogen-bond acceptors (Lipinski definition) is 5. The van der Waals surface area contributed by atoms with E-state index < -0.39 is 6.09 Å². The van der Waals surface area contributed by atoms with Gasteiger partial charge in [-0.2, -0.15) is 0 Å². The van der Waals surface area contributed by atoms with Crippen LogP contribution in [0.15, 0.2) is 42.7 Å². The number of carbonyl (C=O) groups is 1. The number of rotatable bonds is 4. The minimum absolute atomic E-state index is 0.338. The quantitative estimate of drug-likeness (QED) is 0.731. The number of halogens is 1. The van der Waals surface area contributed by atoms with E-state index in [1.165, 1.54) is 22.3 Å². The number of ether oxygens (including phenoxy) is 1. The molecule has 1 aliphatic heterocycles. The Balaban J connectivity index is 1.53. The van der Waals surface area contributed by atoms with Gasteiger partial charge in [-0.25, -0.2) is 13.9 Å². The summed E-state index contributed by atoms with van der Waals surface area (Å²) in [5.74, 6) is -0.379. The Hall–Kier alpha value is -2.74. The van der Waals surface area contributed by atoms with Crippen molar-refractivity contribution < 1.29 is 13.9 Å².